The average Bonchev–Trinajstić information content (AvgIpc) is 3.24. The molecule has 0 saturated carbocycles. The summed E-state index contributed by atoms with van der Waals surface area (Å²) >= 11 is 1.21. The summed E-state index contributed by atoms with van der Waals surface area (Å²) in [5.74, 6) is -1.14. The summed E-state index contributed by atoms with van der Waals surface area (Å²) in [6.45, 7) is 5.18. The Labute approximate surface area is 214 Å². The van der Waals surface area contributed by atoms with Crippen molar-refractivity contribution in [2.45, 2.75) is 50.1 Å². The van der Waals surface area contributed by atoms with Crippen molar-refractivity contribution in [1.82, 2.24) is 5.32 Å². The molecular formula is C25H28FN3O5S2. The lowest BCUT2D eigenvalue weighted by atomic mass is 10.1. The molecule has 0 bridgehead atoms. The van der Waals surface area contributed by atoms with Crippen LogP contribution in [0, 0.1) is 5.82 Å². The van der Waals surface area contributed by atoms with Crippen molar-refractivity contribution < 1.29 is 27.1 Å². The molecule has 2 saturated heterocycles. The molecule has 4 rings (SSSR count). The molecule has 2 amide bonds. The molecule has 1 N–H and O–H groups in total. The number of rotatable bonds is 5. The molecule has 2 heterocycles. The highest BCUT2D eigenvalue weighted by molar-refractivity contribution is 8.16. The van der Waals surface area contributed by atoms with Gasteiger partial charge in [-0.1, -0.05) is 42.1 Å². The highest BCUT2D eigenvalue weighted by Crippen LogP contribution is 2.41. The highest BCUT2D eigenvalue weighted by Gasteiger charge is 2.49. The minimum Gasteiger partial charge on any atom is -0.444 e. The minimum atomic E-state index is -3.25. The summed E-state index contributed by atoms with van der Waals surface area (Å²) in [5, 5.41) is 2.64. The number of ether oxygens (including phenoxy) is 1. The summed E-state index contributed by atoms with van der Waals surface area (Å²) in [7, 11) is -3.25. The van der Waals surface area contributed by atoms with E-state index >= 15 is 0 Å². The average molecular weight is 534 g/mol. The predicted molar refractivity (Wildman–Crippen MR) is 138 cm³/mol. The second kappa shape index (κ2) is 10.2. The van der Waals surface area contributed by atoms with Crippen molar-refractivity contribution in [3.8, 4) is 0 Å². The van der Waals surface area contributed by atoms with Crippen LogP contribution in [0.3, 0.4) is 0 Å². The number of sulfone groups is 1. The molecule has 11 heteroatoms. The fourth-order valence-corrected chi connectivity index (χ4v) is 8.06. The topological polar surface area (TPSA) is 105 Å². The van der Waals surface area contributed by atoms with Crippen molar-refractivity contribution in [1.29, 1.82) is 0 Å². The van der Waals surface area contributed by atoms with E-state index in [0.717, 1.165) is 5.56 Å². The Bertz CT molecular complexity index is 1260. The van der Waals surface area contributed by atoms with E-state index in [0.29, 0.717) is 10.9 Å². The molecule has 36 heavy (non-hydrogen) atoms. The van der Waals surface area contributed by atoms with Crippen LogP contribution < -0.4 is 10.2 Å². The molecule has 2 aromatic carbocycles. The van der Waals surface area contributed by atoms with E-state index in [9.17, 15) is 22.4 Å². The van der Waals surface area contributed by atoms with Crippen LogP contribution in [0.25, 0.3) is 0 Å². The number of amides is 2. The van der Waals surface area contributed by atoms with Gasteiger partial charge in [0.25, 0.3) is 5.91 Å². The van der Waals surface area contributed by atoms with Gasteiger partial charge in [-0.25, -0.2) is 17.6 Å². The molecule has 0 radical (unpaired) electrons. The van der Waals surface area contributed by atoms with E-state index in [2.05, 4.69) is 10.3 Å². The zero-order valence-corrected chi connectivity index (χ0v) is 21.8. The Morgan fingerprint density at radius 1 is 1.14 bits per heavy atom. The zero-order chi connectivity index (χ0) is 26.1. The first kappa shape index (κ1) is 26.2. The molecular weight excluding hydrogens is 505 g/mol. The van der Waals surface area contributed by atoms with Gasteiger partial charge in [0.1, 0.15) is 17.5 Å². The van der Waals surface area contributed by atoms with E-state index in [1.807, 2.05) is 30.3 Å². The standard InChI is InChI=1S/C25H28FN3O5S2/c1-25(2,3)34-24(31)27-19(13-16-7-5-4-6-8-16)22(30)28-23-29(18-11-9-17(26)10-12-18)20-14-36(32,33)15-21(20)35-23/h4-12,19-21H,13-15H2,1-3H3,(H,27,31)/t19-,20+,21-/m0/s1. The number of carbonyl (C=O) groups is 2. The predicted octanol–water partition coefficient (Wildman–Crippen LogP) is 3.56. The third-order valence-corrected chi connectivity index (χ3v) is 8.86. The monoisotopic (exact) mass is 533 g/mol. The number of benzene rings is 2. The maximum Gasteiger partial charge on any atom is 0.408 e. The number of carbonyl (C=O) groups excluding carboxylic acids is 2. The maximum atomic E-state index is 13.6. The first-order valence-corrected chi connectivity index (χ1v) is 14.2. The first-order chi connectivity index (χ1) is 16.9. The van der Waals surface area contributed by atoms with Crippen LogP contribution in [0.1, 0.15) is 26.3 Å². The summed E-state index contributed by atoms with van der Waals surface area (Å²) in [6.07, 6.45) is -0.549. The number of hydrogen-bond acceptors (Lipinski definition) is 6. The molecule has 2 aromatic rings. The van der Waals surface area contributed by atoms with Gasteiger partial charge in [0.2, 0.25) is 0 Å². The normalized spacial score (nSPS) is 22.8. The smallest absolute Gasteiger partial charge is 0.408 e. The molecule has 2 aliphatic heterocycles. The number of aliphatic imine (C=N–C) groups is 1. The third-order valence-electron chi connectivity index (χ3n) is 5.65. The fourth-order valence-electron chi connectivity index (χ4n) is 4.14. The quantitative estimate of drug-likeness (QED) is 0.627. The number of fused-ring (bicyclic) bond motifs is 1. The largest absolute Gasteiger partial charge is 0.444 e. The number of nitrogens with one attached hydrogen (secondary N) is 1. The van der Waals surface area contributed by atoms with Crippen LogP contribution in [0.5, 0.6) is 0 Å². The van der Waals surface area contributed by atoms with Crippen LogP contribution in [0.2, 0.25) is 0 Å². The second-order valence-electron chi connectivity index (χ2n) is 9.77. The van der Waals surface area contributed by atoms with Gasteiger partial charge in [0.15, 0.2) is 15.0 Å². The number of alkyl carbamates (subject to hydrolysis) is 1. The van der Waals surface area contributed by atoms with Gasteiger partial charge in [-0.3, -0.25) is 4.79 Å². The first-order valence-electron chi connectivity index (χ1n) is 11.5. The molecule has 0 spiro atoms. The Kier molecular flexibility index (Phi) is 7.42. The SMILES string of the molecule is CC(C)(C)OC(=O)N[C@@H](Cc1ccccc1)C(=O)N=C1S[C@H]2CS(=O)(=O)C[C@H]2N1c1ccc(F)cc1. The van der Waals surface area contributed by atoms with Crippen molar-refractivity contribution in [3.05, 3.63) is 66.0 Å². The highest BCUT2D eigenvalue weighted by atomic mass is 32.2. The number of halogens is 1. The van der Waals surface area contributed by atoms with Gasteiger partial charge >= 0.3 is 6.09 Å². The van der Waals surface area contributed by atoms with E-state index in [1.165, 1.54) is 36.0 Å². The lowest BCUT2D eigenvalue weighted by molar-refractivity contribution is -0.119. The number of hydrogen-bond donors (Lipinski definition) is 1. The number of nitrogens with zero attached hydrogens (tertiary/aromatic N) is 2. The zero-order valence-electron chi connectivity index (χ0n) is 20.2. The van der Waals surface area contributed by atoms with Gasteiger partial charge in [0, 0.05) is 17.4 Å². The maximum absolute atomic E-state index is 13.6. The molecule has 2 aliphatic rings. The Morgan fingerprint density at radius 3 is 2.44 bits per heavy atom. The summed E-state index contributed by atoms with van der Waals surface area (Å²) in [6, 6.07) is 13.4. The minimum absolute atomic E-state index is 0.0309. The van der Waals surface area contributed by atoms with Crippen molar-refractivity contribution in [3.63, 3.8) is 0 Å². The van der Waals surface area contributed by atoms with Crippen LogP contribution in [-0.2, 0) is 25.8 Å². The molecule has 2 fully saturated rings. The molecule has 0 aromatic heterocycles. The van der Waals surface area contributed by atoms with E-state index in [-0.39, 0.29) is 23.2 Å². The lowest BCUT2D eigenvalue weighted by Gasteiger charge is -2.25. The van der Waals surface area contributed by atoms with Gasteiger partial charge < -0.3 is 15.0 Å². The Hall–Kier alpha value is -2.92. The van der Waals surface area contributed by atoms with Crippen molar-refractivity contribution >= 4 is 44.5 Å². The van der Waals surface area contributed by atoms with E-state index < -0.39 is 45.3 Å². The number of thioether (sulfide) groups is 1. The third kappa shape index (κ3) is 6.44. The van der Waals surface area contributed by atoms with Crippen LogP contribution >= 0.6 is 11.8 Å². The second-order valence-corrected chi connectivity index (χ2v) is 13.1. The van der Waals surface area contributed by atoms with E-state index in [4.69, 9.17) is 4.74 Å². The van der Waals surface area contributed by atoms with Crippen LogP contribution in [0.15, 0.2) is 59.6 Å². The van der Waals surface area contributed by atoms with Gasteiger partial charge in [0.05, 0.1) is 17.5 Å². The van der Waals surface area contributed by atoms with E-state index in [1.54, 1.807) is 25.7 Å². The molecule has 192 valence electrons. The van der Waals surface area contributed by atoms with Crippen LogP contribution in [-0.4, -0.2) is 60.0 Å². The number of anilines is 1. The van der Waals surface area contributed by atoms with Crippen molar-refractivity contribution in [2.24, 2.45) is 4.99 Å². The summed E-state index contributed by atoms with van der Waals surface area (Å²) < 4.78 is 43.5. The van der Waals surface area contributed by atoms with Gasteiger partial charge in [-0.2, -0.15) is 4.99 Å². The summed E-state index contributed by atoms with van der Waals surface area (Å²) in [4.78, 5) is 31.9. The van der Waals surface area contributed by atoms with Gasteiger partial charge in [-0.15, -0.1) is 0 Å². The van der Waals surface area contributed by atoms with Crippen LogP contribution in [0.4, 0.5) is 14.9 Å². The number of amidine groups is 1. The lowest BCUT2D eigenvalue weighted by Crippen LogP contribution is -2.45. The summed E-state index contributed by atoms with van der Waals surface area (Å²) in [5.41, 5.74) is 0.615. The Balaban J connectivity index is 1.64. The van der Waals surface area contributed by atoms with Gasteiger partial charge in [-0.05, 0) is 50.6 Å². The molecule has 0 aliphatic carbocycles. The molecule has 0 unspecified atom stereocenters. The van der Waals surface area contributed by atoms with Crippen molar-refractivity contribution in [2.75, 3.05) is 16.4 Å². The fraction of sp³-hybridized carbons (Fsp3) is 0.400. The Morgan fingerprint density at radius 2 is 1.81 bits per heavy atom. The molecule has 8 nitrogen and oxygen atoms in total. The molecule has 3 atom stereocenters.